The van der Waals surface area contributed by atoms with Gasteiger partial charge in [0.25, 0.3) is 0 Å². The second kappa shape index (κ2) is 8.53. The molecule has 0 aromatic rings. The van der Waals surface area contributed by atoms with Crippen LogP contribution in [0.15, 0.2) is 0 Å². The number of hydrogen-bond acceptors (Lipinski definition) is 0. The Balaban J connectivity index is 1.72. The van der Waals surface area contributed by atoms with E-state index in [-0.39, 0.29) is 0 Å². The number of unbranched alkanes of at least 4 members (excludes halogenated alkanes) is 2. The first-order valence-corrected chi connectivity index (χ1v) is 9.86. The highest BCUT2D eigenvalue weighted by molar-refractivity contribution is 4.93. The molecule has 0 heterocycles. The summed E-state index contributed by atoms with van der Waals surface area (Å²) in [5.41, 5.74) is -0.793. The average molecular weight is 297 g/mol. The third kappa shape index (κ3) is 4.96. The van der Waals surface area contributed by atoms with Crippen LogP contribution in [0.4, 0.5) is 4.39 Å². The van der Waals surface area contributed by atoms with Gasteiger partial charge in [-0.05, 0) is 56.3 Å². The van der Waals surface area contributed by atoms with Crippen molar-refractivity contribution in [3.63, 3.8) is 0 Å². The van der Waals surface area contributed by atoms with E-state index in [0.717, 1.165) is 37.5 Å². The molecule has 21 heavy (non-hydrogen) atoms. The molecule has 2 rings (SSSR count). The van der Waals surface area contributed by atoms with Crippen molar-refractivity contribution in [1.82, 2.24) is 0 Å². The van der Waals surface area contributed by atoms with Crippen molar-refractivity contribution in [1.29, 1.82) is 0 Å². The molecule has 0 unspecified atom stereocenters. The summed E-state index contributed by atoms with van der Waals surface area (Å²) < 4.78 is 15.3. The zero-order chi connectivity index (χ0) is 15.1. The molecule has 0 atom stereocenters. The highest BCUT2D eigenvalue weighted by Gasteiger charge is 2.43. The molecule has 0 aliphatic heterocycles. The predicted octanol–water partition coefficient (Wildman–Crippen LogP) is 7.07. The van der Waals surface area contributed by atoms with Crippen molar-refractivity contribution in [2.45, 2.75) is 109 Å². The fourth-order valence-corrected chi connectivity index (χ4v) is 4.91. The Morgan fingerprint density at radius 1 is 0.762 bits per heavy atom. The van der Waals surface area contributed by atoms with Gasteiger partial charge in [-0.3, -0.25) is 0 Å². The first-order valence-electron chi connectivity index (χ1n) is 9.86. The van der Waals surface area contributed by atoms with E-state index in [1.165, 1.54) is 64.2 Å². The number of hydrogen-bond donors (Lipinski definition) is 0. The van der Waals surface area contributed by atoms with E-state index in [2.05, 4.69) is 13.8 Å². The molecule has 0 bridgehead atoms. The molecule has 0 aromatic heterocycles. The van der Waals surface area contributed by atoms with Crippen LogP contribution < -0.4 is 0 Å². The van der Waals surface area contributed by atoms with Crippen LogP contribution in [0.25, 0.3) is 0 Å². The minimum atomic E-state index is -0.793. The molecule has 0 radical (unpaired) electrons. The van der Waals surface area contributed by atoms with Crippen molar-refractivity contribution in [2.75, 3.05) is 0 Å². The molecule has 1 heteroatoms. The quantitative estimate of drug-likeness (QED) is 0.441. The Morgan fingerprint density at radius 2 is 1.38 bits per heavy atom. The SMILES string of the molecule is CCCCCC1CCC(F)([C@H]2CC[C@H](CCC)CC2)CC1. The van der Waals surface area contributed by atoms with E-state index in [9.17, 15) is 0 Å². The Kier molecular flexibility index (Phi) is 7.02. The first kappa shape index (κ1) is 17.3. The van der Waals surface area contributed by atoms with Crippen molar-refractivity contribution in [3.8, 4) is 0 Å². The predicted molar refractivity (Wildman–Crippen MR) is 90.3 cm³/mol. The first-order chi connectivity index (χ1) is 10.2. The lowest BCUT2D eigenvalue weighted by molar-refractivity contribution is -0.00288. The summed E-state index contributed by atoms with van der Waals surface area (Å²) in [6.45, 7) is 4.55. The van der Waals surface area contributed by atoms with Gasteiger partial charge in [0.1, 0.15) is 5.67 Å². The molecule has 2 aliphatic rings. The zero-order valence-electron chi connectivity index (χ0n) is 14.5. The molecule has 2 fully saturated rings. The van der Waals surface area contributed by atoms with Crippen LogP contribution in [0.2, 0.25) is 0 Å². The number of halogens is 1. The van der Waals surface area contributed by atoms with E-state index < -0.39 is 5.67 Å². The second-order valence-corrected chi connectivity index (χ2v) is 7.98. The van der Waals surface area contributed by atoms with Crippen molar-refractivity contribution in [3.05, 3.63) is 0 Å². The van der Waals surface area contributed by atoms with Crippen molar-refractivity contribution in [2.24, 2.45) is 17.8 Å². The van der Waals surface area contributed by atoms with Crippen LogP contribution in [-0.4, -0.2) is 5.67 Å². The van der Waals surface area contributed by atoms with Crippen molar-refractivity contribution >= 4 is 0 Å². The van der Waals surface area contributed by atoms with Crippen molar-refractivity contribution < 1.29 is 4.39 Å². The summed E-state index contributed by atoms with van der Waals surface area (Å²) in [6.07, 6.45) is 17.0. The lowest BCUT2D eigenvalue weighted by atomic mass is 9.66. The van der Waals surface area contributed by atoms with Gasteiger partial charge in [-0.1, -0.05) is 65.2 Å². The summed E-state index contributed by atoms with van der Waals surface area (Å²) in [4.78, 5) is 0. The minimum absolute atomic E-state index is 0.391. The topological polar surface area (TPSA) is 0 Å². The van der Waals surface area contributed by atoms with E-state index in [1.54, 1.807) is 0 Å². The molecule has 0 saturated heterocycles. The Bertz CT molecular complexity index is 270. The third-order valence-corrected chi connectivity index (χ3v) is 6.43. The van der Waals surface area contributed by atoms with E-state index in [1.807, 2.05) is 0 Å². The summed E-state index contributed by atoms with van der Waals surface area (Å²) in [6, 6.07) is 0. The molecular weight excluding hydrogens is 259 g/mol. The largest absolute Gasteiger partial charge is 0.244 e. The highest BCUT2D eigenvalue weighted by Crippen LogP contribution is 2.47. The monoisotopic (exact) mass is 296 g/mol. The fourth-order valence-electron chi connectivity index (χ4n) is 4.91. The smallest absolute Gasteiger partial charge is 0.113 e. The molecule has 0 amide bonds. The Labute approximate surface area is 132 Å². The maximum atomic E-state index is 15.3. The van der Waals surface area contributed by atoms with Crippen LogP contribution in [0.1, 0.15) is 104 Å². The van der Waals surface area contributed by atoms with Gasteiger partial charge in [0.2, 0.25) is 0 Å². The van der Waals surface area contributed by atoms with Gasteiger partial charge in [-0.25, -0.2) is 4.39 Å². The van der Waals surface area contributed by atoms with Gasteiger partial charge in [0.05, 0.1) is 0 Å². The lowest BCUT2D eigenvalue weighted by Gasteiger charge is -2.42. The van der Waals surface area contributed by atoms with Crippen LogP contribution in [-0.2, 0) is 0 Å². The van der Waals surface area contributed by atoms with E-state index in [0.29, 0.717) is 5.92 Å². The third-order valence-electron chi connectivity index (χ3n) is 6.43. The molecule has 0 spiro atoms. The number of alkyl halides is 1. The minimum Gasteiger partial charge on any atom is -0.244 e. The second-order valence-electron chi connectivity index (χ2n) is 7.98. The van der Waals surface area contributed by atoms with Gasteiger partial charge in [0, 0.05) is 0 Å². The average Bonchev–Trinajstić information content (AvgIpc) is 2.51. The van der Waals surface area contributed by atoms with Crippen LogP contribution in [0.3, 0.4) is 0 Å². The molecule has 2 aliphatic carbocycles. The zero-order valence-corrected chi connectivity index (χ0v) is 14.5. The van der Waals surface area contributed by atoms with Gasteiger partial charge in [-0.2, -0.15) is 0 Å². The Hall–Kier alpha value is -0.0700. The lowest BCUT2D eigenvalue weighted by Crippen LogP contribution is -2.39. The molecule has 0 aromatic carbocycles. The number of rotatable bonds is 7. The fraction of sp³-hybridized carbons (Fsp3) is 1.00. The highest BCUT2D eigenvalue weighted by atomic mass is 19.1. The van der Waals surface area contributed by atoms with Crippen LogP contribution in [0.5, 0.6) is 0 Å². The van der Waals surface area contributed by atoms with Gasteiger partial charge < -0.3 is 0 Å². The molecule has 124 valence electrons. The standard InChI is InChI=1S/C20H37F/c1-3-5-6-8-18-13-15-20(21,16-14-18)19-11-9-17(7-4-2)10-12-19/h17-19H,3-16H2,1-2H3/t17-,18?,19-,20?. The van der Waals surface area contributed by atoms with Gasteiger partial charge >= 0.3 is 0 Å². The summed E-state index contributed by atoms with van der Waals surface area (Å²) >= 11 is 0. The molecular formula is C20H37F. The van der Waals surface area contributed by atoms with Gasteiger partial charge in [-0.15, -0.1) is 0 Å². The Morgan fingerprint density at radius 3 is 1.95 bits per heavy atom. The summed E-state index contributed by atoms with van der Waals surface area (Å²) in [7, 11) is 0. The summed E-state index contributed by atoms with van der Waals surface area (Å²) in [5, 5.41) is 0. The van der Waals surface area contributed by atoms with Crippen LogP contribution in [0, 0.1) is 17.8 Å². The maximum Gasteiger partial charge on any atom is 0.113 e. The van der Waals surface area contributed by atoms with Crippen LogP contribution >= 0.6 is 0 Å². The van der Waals surface area contributed by atoms with E-state index >= 15 is 4.39 Å². The molecule has 0 nitrogen and oxygen atoms in total. The van der Waals surface area contributed by atoms with Gasteiger partial charge in [0.15, 0.2) is 0 Å². The normalized spacial score (nSPS) is 37.6. The summed E-state index contributed by atoms with van der Waals surface area (Å²) in [5.74, 6) is 2.12. The van der Waals surface area contributed by atoms with E-state index in [4.69, 9.17) is 0 Å². The molecule has 0 N–H and O–H groups in total. The maximum absolute atomic E-state index is 15.3. The molecule has 2 saturated carbocycles.